The van der Waals surface area contributed by atoms with Gasteiger partial charge in [0, 0.05) is 6.92 Å². The lowest BCUT2D eigenvalue weighted by Crippen LogP contribution is -2.18. The van der Waals surface area contributed by atoms with Crippen LogP contribution in [0.25, 0.3) is 0 Å². The van der Waals surface area contributed by atoms with Crippen molar-refractivity contribution in [2.24, 2.45) is 0 Å². The predicted octanol–water partition coefficient (Wildman–Crippen LogP) is 1.92. The number of rotatable bonds is 1. The van der Waals surface area contributed by atoms with Gasteiger partial charge < -0.3 is 4.43 Å². The molecule has 0 atom stereocenters. The first-order valence-corrected chi connectivity index (χ1v) is 5.88. The van der Waals surface area contributed by atoms with Crippen LogP contribution in [0.1, 0.15) is 6.92 Å². The van der Waals surface area contributed by atoms with Crippen molar-refractivity contribution < 1.29 is 9.22 Å². The van der Waals surface area contributed by atoms with Crippen LogP contribution in [0.3, 0.4) is 0 Å². The summed E-state index contributed by atoms with van der Waals surface area (Å²) in [6.07, 6.45) is 0. The topological polar surface area (TPSA) is 26.3 Å². The highest BCUT2D eigenvalue weighted by atomic mass is 35.6. The Labute approximate surface area is 81.7 Å². The van der Waals surface area contributed by atoms with E-state index < -0.39 is 12.4 Å². The van der Waals surface area contributed by atoms with Crippen molar-refractivity contribution in [3.63, 3.8) is 0 Å². The standard InChI is InChI=1S/C5H7Cl3O2Si/c1-4(9)10-11(2)3-5(6,7)8/h3H,1-2H3. The molecule has 6 heteroatoms. The van der Waals surface area contributed by atoms with Crippen LogP contribution in [0.4, 0.5) is 0 Å². The van der Waals surface area contributed by atoms with Crippen molar-refractivity contribution in [3.8, 4) is 0 Å². The van der Waals surface area contributed by atoms with Gasteiger partial charge in [0.15, 0.2) is 0 Å². The highest BCUT2D eigenvalue weighted by molar-refractivity contribution is 6.82. The Hall–Kier alpha value is 0.427. The predicted molar refractivity (Wildman–Crippen MR) is 49.7 cm³/mol. The Balaban J connectivity index is 4.12. The van der Waals surface area contributed by atoms with Crippen LogP contribution in [0, 0.1) is 0 Å². The molecule has 0 saturated heterocycles. The second-order valence-corrected chi connectivity index (χ2v) is 5.97. The lowest BCUT2D eigenvalue weighted by Gasteiger charge is -2.05. The molecule has 0 aliphatic carbocycles. The van der Waals surface area contributed by atoms with Gasteiger partial charge in [-0.2, -0.15) is 0 Å². The molecular formula is C5H7Cl3O2Si. The highest BCUT2D eigenvalue weighted by Gasteiger charge is 2.17. The van der Waals surface area contributed by atoms with Gasteiger partial charge in [0.25, 0.3) is 5.97 Å². The average molecular weight is 234 g/mol. The van der Waals surface area contributed by atoms with Gasteiger partial charge >= 0.3 is 0 Å². The summed E-state index contributed by atoms with van der Waals surface area (Å²) in [6, 6.07) is 0. The molecule has 11 heavy (non-hydrogen) atoms. The molecule has 0 radical (unpaired) electrons. The maximum absolute atomic E-state index is 10.4. The van der Waals surface area contributed by atoms with E-state index in [1.165, 1.54) is 12.6 Å². The minimum atomic E-state index is -1.43. The monoisotopic (exact) mass is 232 g/mol. The Morgan fingerprint density at radius 2 is 2.00 bits per heavy atom. The van der Waals surface area contributed by atoms with Gasteiger partial charge in [0.1, 0.15) is 0 Å². The van der Waals surface area contributed by atoms with E-state index in [0.29, 0.717) is 0 Å². The molecule has 0 fully saturated rings. The average Bonchev–Trinajstić information content (AvgIpc) is 1.53. The summed E-state index contributed by atoms with van der Waals surface area (Å²) in [4.78, 5) is 10.4. The van der Waals surface area contributed by atoms with Crippen LogP contribution in [0.15, 0.2) is 0 Å². The summed E-state index contributed by atoms with van der Waals surface area (Å²) < 4.78 is 3.35. The maximum atomic E-state index is 10.4. The number of alkyl halides is 3. The fourth-order valence-corrected chi connectivity index (χ4v) is 2.84. The summed E-state index contributed by atoms with van der Waals surface area (Å²) in [5.74, 6) is -0.355. The number of carbonyl (C=O) groups excluding carboxylic acids is 1. The van der Waals surface area contributed by atoms with Crippen LogP contribution in [0.5, 0.6) is 0 Å². The van der Waals surface area contributed by atoms with E-state index in [0.717, 1.165) is 0 Å². The summed E-state index contributed by atoms with van der Waals surface area (Å²) in [6.45, 7) is 3.04. The van der Waals surface area contributed by atoms with Crippen LogP contribution in [0.2, 0.25) is 6.55 Å². The molecule has 0 aromatic heterocycles. The molecule has 0 amide bonds. The molecule has 0 aliphatic rings. The molecule has 0 unspecified atom stereocenters. The van der Waals surface area contributed by atoms with Crippen LogP contribution < -0.4 is 0 Å². The van der Waals surface area contributed by atoms with Gasteiger partial charge in [0.05, 0.1) is 0 Å². The smallest absolute Gasteiger partial charge is 0.294 e. The van der Waals surface area contributed by atoms with Gasteiger partial charge in [-0.3, -0.25) is 4.79 Å². The number of carbonyl (C=O) groups is 1. The van der Waals surface area contributed by atoms with Gasteiger partial charge in [-0.05, 0) is 12.2 Å². The van der Waals surface area contributed by atoms with Crippen LogP contribution in [-0.4, -0.2) is 24.1 Å². The molecule has 0 aromatic carbocycles. The molecule has 0 aliphatic heterocycles. The molecule has 0 N–H and O–H groups in total. The van der Waals surface area contributed by atoms with Gasteiger partial charge in [-0.15, -0.1) is 0 Å². The molecule has 64 valence electrons. The van der Waals surface area contributed by atoms with Crippen molar-refractivity contribution >= 4 is 55.1 Å². The van der Waals surface area contributed by atoms with E-state index in [-0.39, 0.29) is 5.97 Å². The van der Waals surface area contributed by atoms with E-state index in [2.05, 4.69) is 0 Å². The van der Waals surface area contributed by atoms with Gasteiger partial charge in [-0.25, -0.2) is 0 Å². The normalized spacial score (nSPS) is 13.0. The Kier molecular flexibility index (Phi) is 4.62. The SMILES string of the molecule is CC(=O)O[Si](C)=CC(Cl)(Cl)Cl. The third kappa shape index (κ3) is 8.33. The molecule has 0 saturated carbocycles. The lowest BCUT2D eigenvalue weighted by atomic mass is 10.9. The second-order valence-electron chi connectivity index (χ2n) is 1.89. The summed E-state index contributed by atoms with van der Waals surface area (Å²) >= 11 is 16.3. The Morgan fingerprint density at radius 3 is 2.27 bits per heavy atom. The number of halogens is 3. The number of hydrogen-bond acceptors (Lipinski definition) is 2. The summed E-state index contributed by atoms with van der Waals surface area (Å²) in [5.41, 5.74) is 1.41. The minimum absolute atomic E-state index is 0.355. The van der Waals surface area contributed by atoms with Gasteiger partial charge in [0.2, 0.25) is 12.4 Å². The molecule has 0 spiro atoms. The van der Waals surface area contributed by atoms with E-state index in [1.54, 1.807) is 6.55 Å². The first-order valence-electron chi connectivity index (χ1n) is 2.76. The van der Waals surface area contributed by atoms with E-state index in [9.17, 15) is 4.79 Å². The first kappa shape index (κ1) is 11.4. The van der Waals surface area contributed by atoms with Crippen molar-refractivity contribution in [1.82, 2.24) is 0 Å². The van der Waals surface area contributed by atoms with E-state index >= 15 is 0 Å². The minimum Gasteiger partial charge on any atom is -0.492 e. The summed E-state index contributed by atoms with van der Waals surface area (Å²) in [7, 11) is -1.42. The van der Waals surface area contributed by atoms with Crippen molar-refractivity contribution in [2.45, 2.75) is 17.3 Å². The maximum Gasteiger partial charge on any atom is 0.294 e. The number of hydrogen-bond donors (Lipinski definition) is 0. The van der Waals surface area contributed by atoms with Crippen LogP contribution >= 0.6 is 34.8 Å². The zero-order valence-corrected chi connectivity index (χ0v) is 9.30. The molecule has 0 bridgehead atoms. The van der Waals surface area contributed by atoms with E-state index in [1.807, 2.05) is 0 Å². The fraction of sp³-hybridized carbons (Fsp3) is 0.600. The third-order valence-corrected chi connectivity index (χ3v) is 3.00. The quantitative estimate of drug-likeness (QED) is 0.511. The van der Waals surface area contributed by atoms with Crippen molar-refractivity contribution in [1.29, 1.82) is 0 Å². The summed E-state index contributed by atoms with van der Waals surface area (Å²) in [5, 5.41) is 0. The second kappa shape index (κ2) is 4.45. The molecule has 0 rings (SSSR count). The molecule has 2 nitrogen and oxygen atoms in total. The van der Waals surface area contributed by atoms with Crippen molar-refractivity contribution in [3.05, 3.63) is 0 Å². The Morgan fingerprint density at radius 1 is 1.55 bits per heavy atom. The lowest BCUT2D eigenvalue weighted by molar-refractivity contribution is -0.131. The first-order chi connectivity index (χ1) is 4.81. The zero-order valence-electron chi connectivity index (χ0n) is 6.03. The highest BCUT2D eigenvalue weighted by Crippen LogP contribution is 2.22. The molecular weight excluding hydrogens is 226 g/mol. The van der Waals surface area contributed by atoms with E-state index in [4.69, 9.17) is 39.2 Å². The zero-order chi connectivity index (χ0) is 9.07. The van der Waals surface area contributed by atoms with Crippen LogP contribution in [-0.2, 0) is 9.22 Å². The molecule has 0 heterocycles. The largest absolute Gasteiger partial charge is 0.492 e. The third-order valence-electron chi connectivity index (χ3n) is 0.672. The van der Waals surface area contributed by atoms with Crippen molar-refractivity contribution in [2.75, 3.05) is 0 Å². The Bertz CT molecular complexity index is 185. The fourth-order valence-electron chi connectivity index (χ4n) is 0.487. The van der Waals surface area contributed by atoms with Gasteiger partial charge in [-0.1, -0.05) is 34.8 Å². The molecule has 0 aromatic rings.